The second kappa shape index (κ2) is 5.50. The molecule has 5 heteroatoms. The van der Waals surface area contributed by atoms with Crippen LogP contribution < -0.4 is 5.32 Å². The van der Waals surface area contributed by atoms with Crippen molar-refractivity contribution < 1.29 is 9.63 Å². The van der Waals surface area contributed by atoms with Crippen LogP contribution in [-0.4, -0.2) is 27.9 Å². The van der Waals surface area contributed by atoms with Crippen molar-refractivity contribution in [3.05, 3.63) is 47.6 Å². The van der Waals surface area contributed by atoms with E-state index in [0.717, 1.165) is 18.7 Å². The summed E-state index contributed by atoms with van der Waals surface area (Å²) in [6, 6.07) is 10.2. The zero-order valence-corrected chi connectivity index (χ0v) is 10.6. The van der Waals surface area contributed by atoms with Crippen LogP contribution in [0.3, 0.4) is 0 Å². The number of nitrogens with one attached hydrogen (secondary N) is 1. The highest BCUT2D eigenvalue weighted by Crippen LogP contribution is 2.21. The number of hydrogen-bond donors (Lipinski definition) is 2. The van der Waals surface area contributed by atoms with Gasteiger partial charge in [-0.2, -0.15) is 4.98 Å². The Balaban J connectivity index is 1.59. The summed E-state index contributed by atoms with van der Waals surface area (Å²) in [7, 11) is 0. The lowest BCUT2D eigenvalue weighted by Gasteiger charge is -2.01. The Bertz CT molecular complexity index is 526. The van der Waals surface area contributed by atoms with Crippen molar-refractivity contribution in [3.63, 3.8) is 0 Å². The minimum atomic E-state index is -0.315. The normalized spacial score (nSPS) is 22.8. The summed E-state index contributed by atoms with van der Waals surface area (Å²) < 4.78 is 5.25. The molecule has 0 unspecified atom stereocenters. The fraction of sp³-hybridized carbons (Fsp3) is 0.429. The maximum absolute atomic E-state index is 9.47. The summed E-state index contributed by atoms with van der Waals surface area (Å²) in [5, 5.41) is 16.6. The first-order valence-electron chi connectivity index (χ1n) is 6.59. The van der Waals surface area contributed by atoms with E-state index in [1.165, 1.54) is 5.56 Å². The van der Waals surface area contributed by atoms with E-state index in [0.29, 0.717) is 18.9 Å². The van der Waals surface area contributed by atoms with Gasteiger partial charge < -0.3 is 14.9 Å². The molecule has 2 heterocycles. The van der Waals surface area contributed by atoms with E-state index in [1.54, 1.807) is 0 Å². The van der Waals surface area contributed by atoms with Crippen LogP contribution in [0.4, 0.5) is 0 Å². The topological polar surface area (TPSA) is 71.2 Å². The first-order chi connectivity index (χ1) is 9.31. The minimum Gasteiger partial charge on any atom is -0.392 e. The molecule has 5 nitrogen and oxygen atoms in total. The number of aryl methyl sites for hydroxylation is 2. The summed E-state index contributed by atoms with van der Waals surface area (Å²) in [5.74, 6) is 1.31. The molecule has 2 N–H and O–H groups in total. The number of aliphatic hydroxyl groups excluding tert-OH is 1. The van der Waals surface area contributed by atoms with Crippen LogP contribution in [0.2, 0.25) is 0 Å². The second-order valence-corrected chi connectivity index (χ2v) is 4.88. The lowest BCUT2D eigenvalue weighted by atomic mass is 10.1. The van der Waals surface area contributed by atoms with Gasteiger partial charge in [-0.25, -0.2) is 0 Å². The molecule has 2 aromatic rings. The standard InChI is InChI=1S/C14H17N3O2/c18-11-8-12(15-9-11)14-16-13(17-19-14)7-6-10-4-2-1-3-5-10/h1-5,11-12,15,18H,6-9H2/t11-,12+/m1/s1. The predicted molar refractivity (Wildman–Crippen MR) is 69.5 cm³/mol. The average molecular weight is 259 g/mol. The Morgan fingerprint density at radius 3 is 2.84 bits per heavy atom. The van der Waals surface area contributed by atoms with Gasteiger partial charge in [0.1, 0.15) is 0 Å². The number of aliphatic hydroxyl groups is 1. The first kappa shape index (κ1) is 12.3. The number of aromatic nitrogens is 2. The molecule has 1 aliphatic heterocycles. The zero-order chi connectivity index (χ0) is 13.1. The molecule has 1 fully saturated rings. The summed E-state index contributed by atoms with van der Waals surface area (Å²) in [5.41, 5.74) is 1.27. The van der Waals surface area contributed by atoms with Crippen molar-refractivity contribution in [3.8, 4) is 0 Å². The Morgan fingerprint density at radius 1 is 1.26 bits per heavy atom. The van der Waals surface area contributed by atoms with Gasteiger partial charge in [0.25, 0.3) is 0 Å². The van der Waals surface area contributed by atoms with Crippen LogP contribution in [0.1, 0.15) is 29.7 Å². The van der Waals surface area contributed by atoms with E-state index < -0.39 is 0 Å². The molecular formula is C14H17N3O2. The maximum atomic E-state index is 9.47. The van der Waals surface area contributed by atoms with E-state index in [1.807, 2.05) is 18.2 Å². The van der Waals surface area contributed by atoms with Crippen LogP contribution in [0.25, 0.3) is 0 Å². The van der Waals surface area contributed by atoms with Gasteiger partial charge in [-0.05, 0) is 18.4 Å². The van der Waals surface area contributed by atoms with E-state index in [4.69, 9.17) is 4.52 Å². The van der Waals surface area contributed by atoms with Gasteiger partial charge in [0.2, 0.25) is 5.89 Å². The Labute approximate surface area is 111 Å². The van der Waals surface area contributed by atoms with Gasteiger partial charge in [-0.3, -0.25) is 0 Å². The molecule has 0 bridgehead atoms. The molecule has 3 rings (SSSR count). The number of β-amino-alcohol motifs (C(OH)–C–C–N with tert-alkyl or cyclic N) is 1. The molecule has 1 saturated heterocycles. The van der Waals surface area contributed by atoms with E-state index in [9.17, 15) is 5.11 Å². The SMILES string of the molecule is O[C@H]1CN[C@H](c2nc(CCc3ccccc3)no2)C1. The highest BCUT2D eigenvalue weighted by atomic mass is 16.5. The molecule has 0 amide bonds. The average Bonchev–Trinajstić information content (AvgIpc) is 3.06. The summed E-state index contributed by atoms with van der Waals surface area (Å²) >= 11 is 0. The lowest BCUT2D eigenvalue weighted by molar-refractivity contribution is 0.191. The van der Waals surface area contributed by atoms with Gasteiger partial charge >= 0.3 is 0 Å². The summed E-state index contributed by atoms with van der Waals surface area (Å²) in [6.07, 6.45) is 1.99. The molecule has 19 heavy (non-hydrogen) atoms. The zero-order valence-electron chi connectivity index (χ0n) is 10.6. The van der Waals surface area contributed by atoms with Crippen LogP contribution in [-0.2, 0) is 12.8 Å². The molecule has 1 aromatic heterocycles. The van der Waals surface area contributed by atoms with Crippen LogP contribution in [0.15, 0.2) is 34.9 Å². The lowest BCUT2D eigenvalue weighted by Crippen LogP contribution is -2.15. The second-order valence-electron chi connectivity index (χ2n) is 4.88. The Morgan fingerprint density at radius 2 is 2.11 bits per heavy atom. The van der Waals surface area contributed by atoms with Gasteiger partial charge in [-0.1, -0.05) is 35.5 Å². The first-order valence-corrected chi connectivity index (χ1v) is 6.59. The van der Waals surface area contributed by atoms with Crippen LogP contribution in [0.5, 0.6) is 0 Å². The third-order valence-electron chi connectivity index (χ3n) is 3.37. The molecule has 0 radical (unpaired) electrons. The number of nitrogens with zero attached hydrogens (tertiary/aromatic N) is 2. The Kier molecular flexibility index (Phi) is 3.57. The van der Waals surface area contributed by atoms with E-state index >= 15 is 0 Å². The third-order valence-corrected chi connectivity index (χ3v) is 3.37. The number of benzene rings is 1. The largest absolute Gasteiger partial charge is 0.392 e. The smallest absolute Gasteiger partial charge is 0.243 e. The van der Waals surface area contributed by atoms with Crippen LogP contribution in [0, 0.1) is 0 Å². The van der Waals surface area contributed by atoms with Crippen molar-refractivity contribution in [2.75, 3.05) is 6.54 Å². The van der Waals surface area contributed by atoms with Crippen molar-refractivity contribution in [2.45, 2.75) is 31.4 Å². The molecule has 0 aliphatic carbocycles. The minimum absolute atomic E-state index is 0.00650. The highest BCUT2D eigenvalue weighted by molar-refractivity contribution is 5.15. The molecule has 0 saturated carbocycles. The van der Waals surface area contributed by atoms with Gasteiger partial charge in [0.15, 0.2) is 5.82 Å². The van der Waals surface area contributed by atoms with Crippen molar-refractivity contribution in [1.29, 1.82) is 0 Å². The third kappa shape index (κ3) is 3.00. The Hall–Kier alpha value is -1.72. The van der Waals surface area contributed by atoms with E-state index in [2.05, 4.69) is 27.6 Å². The summed E-state index contributed by atoms with van der Waals surface area (Å²) in [6.45, 7) is 0.590. The van der Waals surface area contributed by atoms with Gasteiger partial charge in [-0.15, -0.1) is 0 Å². The quantitative estimate of drug-likeness (QED) is 0.864. The molecule has 1 aliphatic rings. The molecule has 0 spiro atoms. The van der Waals surface area contributed by atoms with E-state index in [-0.39, 0.29) is 12.1 Å². The fourth-order valence-corrected chi connectivity index (χ4v) is 2.32. The maximum Gasteiger partial charge on any atom is 0.243 e. The monoisotopic (exact) mass is 259 g/mol. The number of hydrogen-bond acceptors (Lipinski definition) is 5. The van der Waals surface area contributed by atoms with Gasteiger partial charge in [0, 0.05) is 13.0 Å². The van der Waals surface area contributed by atoms with Crippen molar-refractivity contribution >= 4 is 0 Å². The highest BCUT2D eigenvalue weighted by Gasteiger charge is 2.27. The molecule has 2 atom stereocenters. The summed E-state index contributed by atoms with van der Waals surface area (Å²) in [4.78, 5) is 4.39. The van der Waals surface area contributed by atoms with Crippen molar-refractivity contribution in [2.24, 2.45) is 0 Å². The van der Waals surface area contributed by atoms with Crippen molar-refractivity contribution in [1.82, 2.24) is 15.5 Å². The molecule has 100 valence electrons. The number of rotatable bonds is 4. The predicted octanol–water partition coefficient (Wildman–Crippen LogP) is 1.25. The van der Waals surface area contributed by atoms with Gasteiger partial charge in [0.05, 0.1) is 12.1 Å². The molecule has 1 aromatic carbocycles. The fourth-order valence-electron chi connectivity index (χ4n) is 2.32. The van der Waals surface area contributed by atoms with Crippen LogP contribution >= 0.6 is 0 Å². The molecular weight excluding hydrogens is 242 g/mol.